The Balaban J connectivity index is 2.57. The van der Waals surface area contributed by atoms with Crippen LogP contribution in [-0.4, -0.2) is 66.5 Å². The highest BCUT2D eigenvalue weighted by atomic mass is 19.4. The van der Waals surface area contributed by atoms with E-state index in [0.29, 0.717) is 13.1 Å². The lowest BCUT2D eigenvalue weighted by Crippen LogP contribution is -2.56. The van der Waals surface area contributed by atoms with E-state index in [1.807, 2.05) is 7.05 Å². The fourth-order valence-corrected chi connectivity index (χ4v) is 1.78. The van der Waals surface area contributed by atoms with Crippen LogP contribution in [0.2, 0.25) is 0 Å². The zero-order valence-electron chi connectivity index (χ0n) is 9.72. The first kappa shape index (κ1) is 13.7. The summed E-state index contributed by atoms with van der Waals surface area (Å²) in [6.45, 7) is 3.70. The van der Waals surface area contributed by atoms with E-state index < -0.39 is 11.8 Å². The van der Waals surface area contributed by atoms with Gasteiger partial charge < -0.3 is 10.0 Å². The molecule has 0 amide bonds. The molecule has 16 heavy (non-hydrogen) atoms. The van der Waals surface area contributed by atoms with Gasteiger partial charge in [-0.05, 0) is 13.5 Å². The topological polar surface area (TPSA) is 26.7 Å². The molecule has 0 spiro atoms. The van der Waals surface area contributed by atoms with Gasteiger partial charge in [-0.1, -0.05) is 6.92 Å². The highest BCUT2D eigenvalue weighted by molar-refractivity contribution is 4.89. The van der Waals surface area contributed by atoms with Gasteiger partial charge in [0.15, 0.2) is 5.60 Å². The Labute approximate surface area is 93.8 Å². The van der Waals surface area contributed by atoms with Gasteiger partial charge >= 0.3 is 6.18 Å². The molecule has 0 bridgehead atoms. The van der Waals surface area contributed by atoms with Gasteiger partial charge in [0, 0.05) is 32.7 Å². The number of alkyl halides is 3. The highest BCUT2D eigenvalue weighted by Gasteiger charge is 2.53. The molecule has 1 atom stereocenters. The van der Waals surface area contributed by atoms with Crippen molar-refractivity contribution in [3.05, 3.63) is 0 Å². The fraction of sp³-hybridized carbons (Fsp3) is 1.00. The Morgan fingerprint density at radius 3 is 2.00 bits per heavy atom. The van der Waals surface area contributed by atoms with Crippen LogP contribution >= 0.6 is 0 Å². The molecule has 1 N–H and O–H groups in total. The van der Waals surface area contributed by atoms with Crippen molar-refractivity contribution in [2.75, 3.05) is 39.8 Å². The maximum Gasteiger partial charge on any atom is 0.418 e. The third-order valence-corrected chi connectivity index (χ3v) is 3.19. The Morgan fingerprint density at radius 1 is 1.12 bits per heavy atom. The zero-order valence-corrected chi connectivity index (χ0v) is 9.72. The van der Waals surface area contributed by atoms with E-state index in [1.54, 1.807) is 4.90 Å². The average molecular weight is 240 g/mol. The van der Waals surface area contributed by atoms with E-state index in [4.69, 9.17) is 0 Å². The minimum absolute atomic E-state index is 0.303. The smallest absolute Gasteiger partial charge is 0.379 e. The molecule has 0 aliphatic carbocycles. The summed E-state index contributed by atoms with van der Waals surface area (Å²) in [5.74, 6) is 0. The van der Waals surface area contributed by atoms with E-state index in [0.717, 1.165) is 13.1 Å². The molecule has 1 aliphatic heterocycles. The maximum atomic E-state index is 12.6. The average Bonchev–Trinajstić information content (AvgIpc) is 2.19. The number of aliphatic hydroxyl groups is 1. The molecule has 1 rings (SSSR count). The van der Waals surface area contributed by atoms with Gasteiger partial charge in [-0.2, -0.15) is 13.2 Å². The molecule has 0 saturated carbocycles. The number of hydrogen-bond acceptors (Lipinski definition) is 3. The molecule has 0 aromatic carbocycles. The monoisotopic (exact) mass is 240 g/mol. The third kappa shape index (κ3) is 3.09. The summed E-state index contributed by atoms with van der Waals surface area (Å²) in [6.07, 6.45) is -4.85. The summed E-state index contributed by atoms with van der Waals surface area (Å²) >= 11 is 0. The van der Waals surface area contributed by atoms with Crippen LogP contribution in [0.5, 0.6) is 0 Å². The predicted molar refractivity (Wildman–Crippen MR) is 55.2 cm³/mol. The number of piperazine rings is 1. The Morgan fingerprint density at radius 2 is 1.62 bits per heavy atom. The quantitative estimate of drug-likeness (QED) is 0.795. The Bertz CT molecular complexity index is 227. The number of hydrogen-bond donors (Lipinski definition) is 1. The Hall–Kier alpha value is -0.330. The van der Waals surface area contributed by atoms with Crippen molar-refractivity contribution in [2.24, 2.45) is 0 Å². The summed E-state index contributed by atoms with van der Waals surface area (Å²) in [6, 6.07) is 0. The lowest BCUT2D eigenvalue weighted by molar-refractivity contribution is -0.266. The van der Waals surface area contributed by atoms with Crippen LogP contribution in [0.4, 0.5) is 13.2 Å². The fourth-order valence-electron chi connectivity index (χ4n) is 1.78. The molecular formula is C10H19F3N2O. The van der Waals surface area contributed by atoms with Crippen molar-refractivity contribution >= 4 is 0 Å². The van der Waals surface area contributed by atoms with Gasteiger partial charge in [-0.15, -0.1) is 0 Å². The third-order valence-electron chi connectivity index (χ3n) is 3.19. The molecule has 96 valence electrons. The summed E-state index contributed by atoms with van der Waals surface area (Å²) in [5.41, 5.74) is -2.57. The van der Waals surface area contributed by atoms with E-state index in [1.165, 1.54) is 6.92 Å². The number of likely N-dealkylation sites (N-methyl/N-ethyl adjacent to an activating group) is 1. The van der Waals surface area contributed by atoms with Crippen LogP contribution in [0.25, 0.3) is 0 Å². The Kier molecular flexibility index (Phi) is 4.20. The maximum absolute atomic E-state index is 12.6. The molecule has 1 unspecified atom stereocenters. The normalized spacial score (nSPS) is 24.4. The summed E-state index contributed by atoms with van der Waals surface area (Å²) < 4.78 is 37.9. The lowest BCUT2D eigenvalue weighted by Gasteiger charge is -2.38. The summed E-state index contributed by atoms with van der Waals surface area (Å²) in [7, 11) is 1.94. The second-order valence-electron chi connectivity index (χ2n) is 4.46. The summed E-state index contributed by atoms with van der Waals surface area (Å²) in [4.78, 5) is 3.74. The molecule has 1 aliphatic rings. The largest absolute Gasteiger partial charge is 0.418 e. The van der Waals surface area contributed by atoms with E-state index in [-0.39, 0.29) is 13.0 Å². The standard InChI is InChI=1S/C10H19F3N2O/c1-3-9(16,10(11,12)13)8-15-6-4-14(2)5-7-15/h16H,3-8H2,1-2H3. The second kappa shape index (κ2) is 4.89. The lowest BCUT2D eigenvalue weighted by atomic mass is 9.99. The number of rotatable bonds is 3. The molecular weight excluding hydrogens is 221 g/mol. The van der Waals surface area contributed by atoms with Crippen molar-refractivity contribution in [1.82, 2.24) is 9.80 Å². The van der Waals surface area contributed by atoms with Crippen molar-refractivity contribution in [2.45, 2.75) is 25.1 Å². The molecule has 3 nitrogen and oxygen atoms in total. The van der Waals surface area contributed by atoms with Gasteiger partial charge in [0.2, 0.25) is 0 Å². The summed E-state index contributed by atoms with van der Waals surface area (Å²) in [5, 5.41) is 9.59. The van der Waals surface area contributed by atoms with Crippen molar-refractivity contribution in [3.63, 3.8) is 0 Å². The molecule has 6 heteroatoms. The molecule has 1 heterocycles. The van der Waals surface area contributed by atoms with Crippen LogP contribution in [0.15, 0.2) is 0 Å². The minimum atomic E-state index is -4.55. The molecule has 0 aromatic rings. The molecule has 0 aromatic heterocycles. The number of β-amino-alcohol motifs (C(OH)–C–C–N with tert-alkyl or cyclic N) is 1. The van der Waals surface area contributed by atoms with Crippen LogP contribution in [-0.2, 0) is 0 Å². The van der Waals surface area contributed by atoms with Crippen LogP contribution in [0.3, 0.4) is 0 Å². The second-order valence-corrected chi connectivity index (χ2v) is 4.46. The van der Waals surface area contributed by atoms with Crippen LogP contribution in [0.1, 0.15) is 13.3 Å². The van der Waals surface area contributed by atoms with E-state index >= 15 is 0 Å². The minimum Gasteiger partial charge on any atom is -0.379 e. The van der Waals surface area contributed by atoms with Crippen molar-refractivity contribution in [3.8, 4) is 0 Å². The van der Waals surface area contributed by atoms with Crippen LogP contribution < -0.4 is 0 Å². The van der Waals surface area contributed by atoms with Crippen LogP contribution in [0, 0.1) is 0 Å². The SMILES string of the molecule is CCC(O)(CN1CCN(C)CC1)C(F)(F)F. The predicted octanol–water partition coefficient (Wildman–Crippen LogP) is 0.937. The first-order chi connectivity index (χ1) is 7.28. The molecule has 1 saturated heterocycles. The van der Waals surface area contributed by atoms with Gasteiger partial charge in [0.25, 0.3) is 0 Å². The highest BCUT2D eigenvalue weighted by Crippen LogP contribution is 2.33. The van der Waals surface area contributed by atoms with Gasteiger partial charge in [0.1, 0.15) is 0 Å². The van der Waals surface area contributed by atoms with Crippen molar-refractivity contribution in [1.29, 1.82) is 0 Å². The van der Waals surface area contributed by atoms with Gasteiger partial charge in [-0.3, -0.25) is 4.90 Å². The van der Waals surface area contributed by atoms with Gasteiger partial charge in [0.05, 0.1) is 0 Å². The van der Waals surface area contributed by atoms with Crippen molar-refractivity contribution < 1.29 is 18.3 Å². The number of halogens is 3. The molecule has 1 fully saturated rings. The number of nitrogens with zero attached hydrogens (tertiary/aromatic N) is 2. The van der Waals surface area contributed by atoms with E-state index in [2.05, 4.69) is 4.90 Å². The first-order valence-corrected chi connectivity index (χ1v) is 5.48. The van der Waals surface area contributed by atoms with Gasteiger partial charge in [-0.25, -0.2) is 0 Å². The molecule has 0 radical (unpaired) electrons. The first-order valence-electron chi connectivity index (χ1n) is 5.48. The zero-order chi connectivity index (χ0) is 12.4. The van der Waals surface area contributed by atoms with E-state index in [9.17, 15) is 18.3 Å².